The maximum absolute atomic E-state index is 13.9. The minimum absolute atomic E-state index is 0.0414. The van der Waals surface area contributed by atoms with Crippen molar-refractivity contribution in [1.29, 1.82) is 0 Å². The molecule has 26 heavy (non-hydrogen) atoms. The summed E-state index contributed by atoms with van der Waals surface area (Å²) in [4.78, 5) is 24.7. The van der Waals surface area contributed by atoms with E-state index in [0.717, 1.165) is 4.88 Å². The summed E-state index contributed by atoms with van der Waals surface area (Å²) < 4.78 is 20.9. The SMILES string of the molecule is CC(=O)c1ccc(-c2cc(F)cc(OCC(=O)Nc3ccn(C)n3)c2)s1. The lowest BCUT2D eigenvalue weighted by molar-refractivity contribution is -0.118. The fourth-order valence-electron chi connectivity index (χ4n) is 2.28. The Balaban J connectivity index is 1.69. The monoisotopic (exact) mass is 373 g/mol. The van der Waals surface area contributed by atoms with Crippen molar-refractivity contribution in [1.82, 2.24) is 9.78 Å². The standard InChI is InChI=1S/C18H16FN3O3S/c1-11(23)15-3-4-16(26-15)12-7-13(19)9-14(8-12)25-10-18(24)20-17-5-6-22(2)21-17/h3-9H,10H2,1-2H3,(H,20,21,24). The van der Waals surface area contributed by atoms with Crippen molar-refractivity contribution in [2.24, 2.45) is 7.05 Å². The summed E-state index contributed by atoms with van der Waals surface area (Å²) in [5.41, 5.74) is 0.586. The fraction of sp³-hybridized carbons (Fsp3) is 0.167. The first-order valence-corrected chi connectivity index (χ1v) is 8.56. The first-order valence-electron chi connectivity index (χ1n) is 7.75. The molecule has 0 aliphatic carbocycles. The summed E-state index contributed by atoms with van der Waals surface area (Å²) in [6.45, 7) is 1.21. The van der Waals surface area contributed by atoms with Crippen molar-refractivity contribution < 1.29 is 18.7 Å². The molecule has 0 spiro atoms. The molecule has 0 bridgehead atoms. The number of aromatic nitrogens is 2. The molecule has 2 heterocycles. The summed E-state index contributed by atoms with van der Waals surface area (Å²) in [5.74, 6) is -0.282. The summed E-state index contributed by atoms with van der Waals surface area (Å²) in [6, 6.07) is 9.31. The number of ketones is 1. The van der Waals surface area contributed by atoms with Gasteiger partial charge in [-0.2, -0.15) is 5.10 Å². The van der Waals surface area contributed by atoms with E-state index in [1.807, 2.05) is 0 Å². The van der Waals surface area contributed by atoms with Crippen LogP contribution in [-0.4, -0.2) is 28.1 Å². The molecule has 0 aliphatic heterocycles. The number of rotatable bonds is 6. The Bertz CT molecular complexity index is 964. The number of amides is 1. The van der Waals surface area contributed by atoms with Gasteiger partial charge >= 0.3 is 0 Å². The minimum Gasteiger partial charge on any atom is -0.484 e. The molecular weight excluding hydrogens is 357 g/mol. The van der Waals surface area contributed by atoms with Gasteiger partial charge in [0, 0.05) is 30.3 Å². The van der Waals surface area contributed by atoms with E-state index in [2.05, 4.69) is 10.4 Å². The number of aryl methyl sites for hydroxylation is 1. The summed E-state index contributed by atoms with van der Waals surface area (Å²) in [5, 5.41) is 6.62. The average molecular weight is 373 g/mol. The number of nitrogens with zero attached hydrogens (tertiary/aromatic N) is 2. The lowest BCUT2D eigenvalue weighted by Gasteiger charge is -2.08. The van der Waals surface area contributed by atoms with Gasteiger partial charge in [-0.1, -0.05) is 0 Å². The van der Waals surface area contributed by atoms with Gasteiger partial charge < -0.3 is 10.1 Å². The van der Waals surface area contributed by atoms with Crippen molar-refractivity contribution in [3.05, 3.63) is 53.3 Å². The predicted octanol–water partition coefficient (Wildman–Crippen LogP) is 3.51. The number of anilines is 1. The van der Waals surface area contributed by atoms with E-state index in [1.54, 1.807) is 42.2 Å². The zero-order valence-corrected chi connectivity index (χ0v) is 15.0. The van der Waals surface area contributed by atoms with Crippen molar-refractivity contribution >= 4 is 28.8 Å². The Hall–Kier alpha value is -3.00. The van der Waals surface area contributed by atoms with Crippen LogP contribution in [0.1, 0.15) is 16.6 Å². The lowest BCUT2D eigenvalue weighted by Crippen LogP contribution is -2.20. The second kappa shape index (κ2) is 7.49. The highest BCUT2D eigenvalue weighted by Gasteiger charge is 2.11. The Morgan fingerprint density at radius 1 is 1.27 bits per heavy atom. The molecule has 0 saturated carbocycles. The number of nitrogens with one attached hydrogen (secondary N) is 1. The van der Waals surface area contributed by atoms with Gasteiger partial charge in [-0.3, -0.25) is 14.3 Å². The van der Waals surface area contributed by atoms with Crippen LogP contribution in [0.2, 0.25) is 0 Å². The Morgan fingerprint density at radius 3 is 2.73 bits per heavy atom. The molecule has 134 valence electrons. The van der Waals surface area contributed by atoms with E-state index >= 15 is 0 Å². The summed E-state index contributed by atoms with van der Waals surface area (Å²) >= 11 is 1.28. The van der Waals surface area contributed by atoms with Crippen LogP contribution >= 0.6 is 11.3 Å². The van der Waals surface area contributed by atoms with Gasteiger partial charge in [0.2, 0.25) is 0 Å². The molecule has 0 atom stereocenters. The second-order valence-corrected chi connectivity index (χ2v) is 6.69. The molecule has 2 aromatic heterocycles. The Labute approximate surface area is 153 Å². The van der Waals surface area contributed by atoms with Crippen LogP contribution < -0.4 is 10.1 Å². The second-order valence-electron chi connectivity index (χ2n) is 5.61. The molecular formula is C18H16FN3O3S. The van der Waals surface area contributed by atoms with E-state index < -0.39 is 11.7 Å². The molecule has 0 unspecified atom stereocenters. The predicted molar refractivity (Wildman–Crippen MR) is 97.1 cm³/mol. The van der Waals surface area contributed by atoms with Crippen LogP contribution in [0.4, 0.5) is 10.2 Å². The lowest BCUT2D eigenvalue weighted by atomic mass is 10.1. The molecule has 0 radical (unpaired) electrons. The molecule has 1 N–H and O–H groups in total. The van der Waals surface area contributed by atoms with Gasteiger partial charge in [-0.15, -0.1) is 11.3 Å². The third-order valence-corrected chi connectivity index (χ3v) is 4.69. The highest BCUT2D eigenvalue weighted by Crippen LogP contribution is 2.31. The number of thiophene rings is 1. The van der Waals surface area contributed by atoms with E-state index in [-0.39, 0.29) is 18.1 Å². The van der Waals surface area contributed by atoms with Crippen LogP contribution in [-0.2, 0) is 11.8 Å². The first-order chi connectivity index (χ1) is 12.4. The number of hydrogen-bond acceptors (Lipinski definition) is 5. The molecule has 1 amide bonds. The third-order valence-electron chi connectivity index (χ3n) is 3.46. The zero-order chi connectivity index (χ0) is 18.7. The van der Waals surface area contributed by atoms with Crippen LogP contribution in [0.5, 0.6) is 5.75 Å². The number of carbonyl (C=O) groups is 2. The van der Waals surface area contributed by atoms with E-state index in [4.69, 9.17) is 4.74 Å². The van der Waals surface area contributed by atoms with Crippen molar-refractivity contribution in [3.8, 4) is 16.2 Å². The first kappa shape index (κ1) is 17.8. The maximum Gasteiger partial charge on any atom is 0.263 e. The number of ether oxygens (including phenoxy) is 1. The van der Waals surface area contributed by atoms with Crippen LogP contribution in [0.25, 0.3) is 10.4 Å². The average Bonchev–Trinajstić information content (AvgIpc) is 3.22. The van der Waals surface area contributed by atoms with Gasteiger partial charge in [0.15, 0.2) is 18.2 Å². The van der Waals surface area contributed by atoms with Crippen LogP contribution in [0.15, 0.2) is 42.6 Å². The molecule has 8 heteroatoms. The summed E-state index contributed by atoms with van der Waals surface area (Å²) in [6.07, 6.45) is 1.70. The van der Waals surface area contributed by atoms with Crippen LogP contribution in [0, 0.1) is 5.82 Å². The minimum atomic E-state index is -0.486. The number of carbonyl (C=O) groups excluding carboxylic acids is 2. The normalized spacial score (nSPS) is 10.6. The highest BCUT2D eigenvalue weighted by atomic mass is 32.1. The Kier molecular flexibility index (Phi) is 5.13. The molecule has 3 rings (SSSR count). The molecule has 0 saturated heterocycles. The number of Topliss-reactive ketones (excluding diaryl/α,β-unsaturated/α-hetero) is 1. The number of hydrogen-bond donors (Lipinski definition) is 1. The molecule has 3 aromatic rings. The van der Waals surface area contributed by atoms with Gasteiger partial charge in [0.25, 0.3) is 5.91 Å². The van der Waals surface area contributed by atoms with Crippen molar-refractivity contribution in [2.75, 3.05) is 11.9 Å². The number of benzene rings is 1. The molecule has 0 aliphatic rings. The molecule has 6 nitrogen and oxygen atoms in total. The smallest absolute Gasteiger partial charge is 0.263 e. The van der Waals surface area contributed by atoms with E-state index in [1.165, 1.54) is 30.4 Å². The summed E-state index contributed by atoms with van der Waals surface area (Å²) in [7, 11) is 1.74. The molecule has 1 aromatic carbocycles. The van der Waals surface area contributed by atoms with Gasteiger partial charge in [-0.05, 0) is 36.8 Å². The Morgan fingerprint density at radius 2 is 2.08 bits per heavy atom. The largest absolute Gasteiger partial charge is 0.484 e. The van der Waals surface area contributed by atoms with Gasteiger partial charge in [-0.25, -0.2) is 4.39 Å². The third kappa shape index (κ3) is 4.34. The quantitative estimate of drug-likeness (QED) is 0.671. The molecule has 0 fully saturated rings. The van der Waals surface area contributed by atoms with Gasteiger partial charge in [0.05, 0.1) is 4.88 Å². The highest BCUT2D eigenvalue weighted by molar-refractivity contribution is 7.17. The zero-order valence-electron chi connectivity index (χ0n) is 14.2. The van der Waals surface area contributed by atoms with Crippen molar-refractivity contribution in [3.63, 3.8) is 0 Å². The van der Waals surface area contributed by atoms with E-state index in [9.17, 15) is 14.0 Å². The fourth-order valence-corrected chi connectivity index (χ4v) is 3.17. The van der Waals surface area contributed by atoms with Gasteiger partial charge in [0.1, 0.15) is 11.6 Å². The number of halogens is 1. The van der Waals surface area contributed by atoms with Crippen LogP contribution in [0.3, 0.4) is 0 Å². The maximum atomic E-state index is 13.9. The van der Waals surface area contributed by atoms with Crippen molar-refractivity contribution in [2.45, 2.75) is 6.92 Å². The van der Waals surface area contributed by atoms with E-state index in [0.29, 0.717) is 16.3 Å². The topological polar surface area (TPSA) is 73.2 Å².